The predicted molar refractivity (Wildman–Crippen MR) is 119 cm³/mol. The van der Waals surface area contributed by atoms with E-state index in [0.29, 0.717) is 5.69 Å². The molecule has 1 amide bonds. The predicted octanol–water partition coefficient (Wildman–Crippen LogP) is 2.27. The number of hydrogen-bond donors (Lipinski definition) is 1. The van der Waals surface area contributed by atoms with Gasteiger partial charge in [-0.05, 0) is 65.1 Å². The van der Waals surface area contributed by atoms with E-state index in [2.05, 4.69) is 37.4 Å². The topological polar surface area (TPSA) is 119 Å². The van der Waals surface area contributed by atoms with E-state index >= 15 is 0 Å². The lowest BCUT2D eigenvalue weighted by atomic mass is 10.1. The zero-order chi connectivity index (χ0) is 22.5. The highest BCUT2D eigenvalue weighted by atomic mass is 127. The minimum atomic E-state index is -3.77. The summed E-state index contributed by atoms with van der Waals surface area (Å²) in [4.78, 5) is 36.4. The first-order valence-electron chi connectivity index (χ1n) is 8.40. The van der Waals surface area contributed by atoms with Crippen molar-refractivity contribution in [2.75, 3.05) is 36.6 Å². The summed E-state index contributed by atoms with van der Waals surface area (Å²) >= 11 is 2.08. The van der Waals surface area contributed by atoms with Gasteiger partial charge in [-0.15, -0.1) is 0 Å². The highest BCUT2D eigenvalue weighted by molar-refractivity contribution is 14.1. The van der Waals surface area contributed by atoms with Gasteiger partial charge in [0.1, 0.15) is 6.54 Å². The maximum Gasteiger partial charge on any atom is 0.339 e. The van der Waals surface area contributed by atoms with Gasteiger partial charge in [0, 0.05) is 3.57 Å². The number of rotatable bonds is 7. The quantitative estimate of drug-likeness (QED) is 0.418. The van der Waals surface area contributed by atoms with Gasteiger partial charge in [-0.3, -0.25) is 9.10 Å². The number of hydrogen-bond acceptors (Lipinski definition) is 7. The number of benzene rings is 2. The van der Waals surface area contributed by atoms with Gasteiger partial charge in [0.05, 0.1) is 43.0 Å². The molecule has 2 aromatic carbocycles. The van der Waals surface area contributed by atoms with E-state index in [0.717, 1.165) is 14.1 Å². The molecule has 11 heteroatoms. The first kappa shape index (κ1) is 23.6. The first-order chi connectivity index (χ1) is 14.1. The number of esters is 2. The Morgan fingerprint density at radius 2 is 1.60 bits per heavy atom. The summed E-state index contributed by atoms with van der Waals surface area (Å²) in [5.41, 5.74) is 0.395. The highest BCUT2D eigenvalue weighted by Gasteiger charge is 2.23. The fraction of sp³-hybridized carbons (Fsp3) is 0.211. The summed E-state index contributed by atoms with van der Waals surface area (Å²) in [6.07, 6.45) is 0.982. The van der Waals surface area contributed by atoms with Crippen molar-refractivity contribution in [2.45, 2.75) is 0 Å². The van der Waals surface area contributed by atoms with Crippen LogP contribution in [0.2, 0.25) is 0 Å². The molecule has 0 saturated carbocycles. The maximum absolute atomic E-state index is 12.6. The van der Waals surface area contributed by atoms with Gasteiger partial charge in [0.15, 0.2) is 0 Å². The molecular weight excluding hydrogens is 527 g/mol. The van der Waals surface area contributed by atoms with Crippen LogP contribution in [0, 0.1) is 3.57 Å². The van der Waals surface area contributed by atoms with Crippen LogP contribution in [-0.2, 0) is 24.3 Å². The van der Waals surface area contributed by atoms with Gasteiger partial charge in [-0.25, -0.2) is 18.0 Å². The summed E-state index contributed by atoms with van der Waals surface area (Å²) in [7, 11) is -1.41. The maximum atomic E-state index is 12.6. The number of nitrogens with zero attached hydrogens (tertiary/aromatic N) is 1. The Hall–Kier alpha value is -2.67. The second-order valence-electron chi connectivity index (χ2n) is 6.04. The number of carbonyl (C=O) groups is 3. The van der Waals surface area contributed by atoms with Crippen LogP contribution >= 0.6 is 22.6 Å². The number of ether oxygens (including phenoxy) is 2. The molecule has 0 atom stereocenters. The normalized spacial score (nSPS) is 10.8. The molecule has 30 heavy (non-hydrogen) atoms. The molecule has 0 radical (unpaired) electrons. The summed E-state index contributed by atoms with van der Waals surface area (Å²) < 4.78 is 35.6. The Labute approximate surface area is 187 Å². The number of amides is 1. The molecule has 0 aliphatic carbocycles. The molecule has 1 N–H and O–H groups in total. The Kier molecular flexibility index (Phi) is 7.78. The van der Waals surface area contributed by atoms with Gasteiger partial charge in [0.2, 0.25) is 15.9 Å². The Balaban J connectivity index is 2.35. The van der Waals surface area contributed by atoms with Gasteiger partial charge < -0.3 is 14.8 Å². The molecule has 9 nitrogen and oxygen atoms in total. The summed E-state index contributed by atoms with van der Waals surface area (Å²) in [5.74, 6) is -2.12. The van der Waals surface area contributed by atoms with Crippen LogP contribution in [0.5, 0.6) is 0 Å². The third-order valence-corrected chi connectivity index (χ3v) is 5.78. The van der Waals surface area contributed by atoms with Crippen LogP contribution < -0.4 is 9.62 Å². The lowest BCUT2D eigenvalue weighted by molar-refractivity contribution is -0.114. The third-order valence-electron chi connectivity index (χ3n) is 3.92. The van der Waals surface area contributed by atoms with E-state index in [1.807, 2.05) is 0 Å². The SMILES string of the molecule is COC(=O)c1ccc(C(=O)OC)c(NC(=O)CN(c2ccc(I)cc2)S(C)(=O)=O)c1. The van der Waals surface area contributed by atoms with Crippen molar-refractivity contribution in [1.29, 1.82) is 0 Å². The zero-order valence-corrected chi connectivity index (χ0v) is 19.3. The van der Waals surface area contributed by atoms with E-state index in [9.17, 15) is 22.8 Å². The molecule has 160 valence electrons. The Morgan fingerprint density at radius 1 is 1.00 bits per heavy atom. The number of methoxy groups -OCH3 is 2. The number of nitrogens with one attached hydrogen (secondary N) is 1. The molecular formula is C19H19IN2O7S. The van der Waals surface area contributed by atoms with Crippen LogP contribution in [-0.4, -0.2) is 53.3 Å². The minimum absolute atomic E-state index is 0.00123. The van der Waals surface area contributed by atoms with E-state index in [1.54, 1.807) is 24.3 Å². The molecule has 0 spiro atoms. The van der Waals surface area contributed by atoms with Gasteiger partial charge in [-0.2, -0.15) is 0 Å². The van der Waals surface area contributed by atoms with Gasteiger partial charge in [-0.1, -0.05) is 0 Å². The summed E-state index contributed by atoms with van der Waals surface area (Å²) in [5, 5.41) is 2.47. The van der Waals surface area contributed by atoms with Gasteiger partial charge >= 0.3 is 11.9 Å². The van der Waals surface area contributed by atoms with Crippen molar-refractivity contribution >= 4 is 61.8 Å². The second kappa shape index (κ2) is 9.89. The fourth-order valence-electron chi connectivity index (χ4n) is 2.51. The van der Waals surface area contributed by atoms with Crippen molar-refractivity contribution < 1.29 is 32.3 Å². The first-order valence-corrected chi connectivity index (χ1v) is 11.3. The van der Waals surface area contributed by atoms with Crippen LogP contribution in [0.4, 0.5) is 11.4 Å². The molecule has 0 bridgehead atoms. The van der Waals surface area contributed by atoms with Crippen LogP contribution in [0.3, 0.4) is 0 Å². The standard InChI is InChI=1S/C19H19IN2O7S/c1-28-18(24)12-4-9-15(19(25)29-2)16(10-12)21-17(23)11-22(30(3,26)27)14-7-5-13(20)6-8-14/h4-10H,11H2,1-3H3,(H,21,23). The molecule has 0 unspecified atom stereocenters. The second-order valence-corrected chi connectivity index (χ2v) is 9.19. The van der Waals surface area contributed by atoms with Crippen LogP contribution in [0.25, 0.3) is 0 Å². The van der Waals surface area contributed by atoms with Crippen molar-refractivity contribution in [3.8, 4) is 0 Å². The van der Waals surface area contributed by atoms with Crippen molar-refractivity contribution in [2.24, 2.45) is 0 Å². The van der Waals surface area contributed by atoms with Crippen molar-refractivity contribution in [3.05, 3.63) is 57.2 Å². The average Bonchev–Trinajstić information content (AvgIpc) is 2.70. The molecule has 2 rings (SSSR count). The summed E-state index contributed by atoms with van der Waals surface area (Å²) in [6.45, 7) is -0.539. The lowest BCUT2D eigenvalue weighted by Gasteiger charge is -2.22. The van der Waals surface area contributed by atoms with E-state index in [4.69, 9.17) is 0 Å². The average molecular weight is 546 g/mol. The van der Waals surface area contributed by atoms with E-state index in [1.165, 1.54) is 32.4 Å². The summed E-state index contributed by atoms with van der Waals surface area (Å²) in [6, 6.07) is 10.5. The minimum Gasteiger partial charge on any atom is -0.465 e. The molecule has 0 saturated heterocycles. The third kappa shape index (κ3) is 5.92. The monoisotopic (exact) mass is 546 g/mol. The van der Waals surface area contributed by atoms with Crippen LogP contribution in [0.15, 0.2) is 42.5 Å². The molecule has 2 aromatic rings. The lowest BCUT2D eigenvalue weighted by Crippen LogP contribution is -2.37. The largest absolute Gasteiger partial charge is 0.465 e. The molecule has 0 aromatic heterocycles. The molecule has 0 aliphatic rings. The zero-order valence-electron chi connectivity index (χ0n) is 16.3. The number of carbonyl (C=O) groups excluding carboxylic acids is 3. The Bertz CT molecular complexity index is 1070. The fourth-order valence-corrected chi connectivity index (χ4v) is 3.72. The smallest absolute Gasteiger partial charge is 0.339 e. The number of halogens is 1. The molecule has 0 fully saturated rings. The van der Waals surface area contributed by atoms with Crippen LogP contribution in [0.1, 0.15) is 20.7 Å². The highest BCUT2D eigenvalue weighted by Crippen LogP contribution is 2.22. The molecule has 0 aliphatic heterocycles. The van der Waals surface area contributed by atoms with Crippen molar-refractivity contribution in [1.82, 2.24) is 0 Å². The van der Waals surface area contributed by atoms with Gasteiger partial charge in [0.25, 0.3) is 0 Å². The Morgan fingerprint density at radius 3 is 2.13 bits per heavy atom. The van der Waals surface area contributed by atoms with E-state index in [-0.39, 0.29) is 16.8 Å². The number of sulfonamides is 1. The van der Waals surface area contributed by atoms with E-state index < -0.39 is 34.4 Å². The number of anilines is 2. The molecule has 0 heterocycles. The van der Waals surface area contributed by atoms with Crippen molar-refractivity contribution in [3.63, 3.8) is 0 Å².